The molecule has 0 heterocycles. The fourth-order valence-corrected chi connectivity index (χ4v) is 3.00. The zero-order chi connectivity index (χ0) is 16.2. The van der Waals surface area contributed by atoms with Crippen molar-refractivity contribution >= 4 is 27.5 Å². The summed E-state index contributed by atoms with van der Waals surface area (Å²) in [6.45, 7) is -1.34. The lowest BCUT2D eigenvalue weighted by molar-refractivity contribution is -0.120. The van der Waals surface area contributed by atoms with Gasteiger partial charge in [-0.1, -0.05) is 0 Å². The fraction of sp³-hybridized carbons (Fsp3) is 0.273. The summed E-state index contributed by atoms with van der Waals surface area (Å²) in [5.41, 5.74) is 15.7. The van der Waals surface area contributed by atoms with E-state index >= 15 is 0 Å². The number of nitrogens with two attached hydrogens (primary N) is 3. The third-order valence-electron chi connectivity index (χ3n) is 2.50. The van der Waals surface area contributed by atoms with Crippen molar-refractivity contribution < 1.29 is 22.7 Å². The van der Waals surface area contributed by atoms with E-state index in [0.717, 1.165) is 6.07 Å². The minimum Gasteiger partial charge on any atom is -0.495 e. The first kappa shape index (κ1) is 16.7. The van der Waals surface area contributed by atoms with E-state index in [1.54, 1.807) is 0 Å². The van der Waals surface area contributed by atoms with Crippen LogP contribution in [0.15, 0.2) is 23.1 Å². The van der Waals surface area contributed by atoms with Crippen LogP contribution in [0.3, 0.4) is 0 Å². The first-order chi connectivity index (χ1) is 9.68. The molecule has 0 bridgehead atoms. The highest BCUT2D eigenvalue weighted by Gasteiger charge is 2.28. The summed E-state index contributed by atoms with van der Waals surface area (Å²) < 4.78 is 30.2. The van der Waals surface area contributed by atoms with Gasteiger partial charge in [-0.05, 0) is 18.2 Å². The predicted molar refractivity (Wildman–Crippen MR) is 74.6 cm³/mol. The van der Waals surface area contributed by atoms with Crippen molar-refractivity contribution in [2.24, 2.45) is 11.5 Å². The molecule has 0 saturated carbocycles. The van der Waals surface area contributed by atoms with E-state index in [-0.39, 0.29) is 10.6 Å². The quantitative estimate of drug-likeness (QED) is 0.505. The molecule has 0 aliphatic rings. The summed E-state index contributed by atoms with van der Waals surface area (Å²) in [7, 11) is -2.76. The lowest BCUT2D eigenvalue weighted by atomic mass is 10.3. The molecule has 0 aliphatic carbocycles. The van der Waals surface area contributed by atoms with Crippen LogP contribution in [0.1, 0.15) is 0 Å². The second-order valence-corrected chi connectivity index (χ2v) is 6.05. The highest BCUT2D eigenvalue weighted by Crippen LogP contribution is 2.26. The molecule has 1 rings (SSSR count). The van der Waals surface area contributed by atoms with Gasteiger partial charge in [0.15, 0.2) is 0 Å². The van der Waals surface area contributed by atoms with E-state index < -0.39 is 34.9 Å². The number of methoxy groups -OCH3 is 1. The van der Waals surface area contributed by atoms with E-state index in [1.165, 1.54) is 19.2 Å². The van der Waals surface area contributed by atoms with Crippen molar-refractivity contribution in [3.63, 3.8) is 0 Å². The highest BCUT2D eigenvalue weighted by atomic mass is 32.2. The Morgan fingerprint density at radius 3 is 2.10 bits per heavy atom. The van der Waals surface area contributed by atoms with Crippen LogP contribution in [0.4, 0.5) is 5.69 Å². The highest BCUT2D eigenvalue weighted by molar-refractivity contribution is 7.89. The van der Waals surface area contributed by atoms with Crippen molar-refractivity contribution in [3.05, 3.63) is 18.2 Å². The number of primary amides is 2. The van der Waals surface area contributed by atoms with E-state index in [0.29, 0.717) is 10.1 Å². The number of hydrogen-bond acceptors (Lipinski definition) is 6. The maximum Gasteiger partial charge on any atom is 0.244 e. The Bertz CT molecular complexity index is 643. The Kier molecular flexibility index (Phi) is 5.11. The van der Waals surface area contributed by atoms with Gasteiger partial charge in [-0.25, -0.2) is 8.42 Å². The summed E-state index contributed by atoms with van der Waals surface area (Å²) in [5, 5.41) is 0. The third-order valence-corrected chi connectivity index (χ3v) is 4.29. The molecule has 0 radical (unpaired) electrons. The molecule has 1 aromatic rings. The van der Waals surface area contributed by atoms with Gasteiger partial charge in [0.05, 0.1) is 30.8 Å². The van der Waals surface area contributed by atoms with Crippen molar-refractivity contribution in [1.29, 1.82) is 0 Å². The number of sulfonamides is 1. The summed E-state index contributed by atoms with van der Waals surface area (Å²) >= 11 is 0. The van der Waals surface area contributed by atoms with E-state index in [9.17, 15) is 18.0 Å². The number of nitrogen functional groups attached to an aromatic ring is 1. The van der Waals surface area contributed by atoms with Crippen molar-refractivity contribution in [1.82, 2.24) is 4.31 Å². The number of anilines is 1. The molecule has 0 unspecified atom stereocenters. The minimum absolute atomic E-state index is 0.0941. The van der Waals surface area contributed by atoms with Crippen LogP contribution < -0.4 is 21.9 Å². The van der Waals surface area contributed by atoms with Gasteiger partial charge in [0.25, 0.3) is 0 Å². The number of nitrogens with zero attached hydrogens (tertiary/aromatic N) is 1. The van der Waals surface area contributed by atoms with Crippen LogP contribution in [0.25, 0.3) is 0 Å². The Morgan fingerprint density at radius 1 is 1.19 bits per heavy atom. The van der Waals surface area contributed by atoms with Gasteiger partial charge in [-0.15, -0.1) is 0 Å². The zero-order valence-corrected chi connectivity index (χ0v) is 12.1. The van der Waals surface area contributed by atoms with Crippen LogP contribution in [-0.2, 0) is 19.6 Å². The first-order valence-electron chi connectivity index (χ1n) is 5.68. The maximum absolute atomic E-state index is 12.4. The SMILES string of the molecule is COc1ccc(S(=O)(=O)N(CC(N)=O)CC(N)=O)cc1N. The number of ether oxygens (including phenoxy) is 1. The first-order valence-corrected chi connectivity index (χ1v) is 7.12. The molecule has 21 heavy (non-hydrogen) atoms. The number of benzene rings is 1. The third kappa shape index (κ3) is 4.07. The lowest BCUT2D eigenvalue weighted by Crippen LogP contribution is -2.43. The van der Waals surface area contributed by atoms with Gasteiger partial charge >= 0.3 is 0 Å². The molecule has 9 nitrogen and oxygen atoms in total. The molecule has 0 fully saturated rings. The van der Waals surface area contributed by atoms with Gasteiger partial charge < -0.3 is 21.9 Å². The molecule has 0 saturated heterocycles. The molecule has 10 heteroatoms. The van der Waals surface area contributed by atoms with Gasteiger partial charge in [-0.2, -0.15) is 4.31 Å². The second kappa shape index (κ2) is 6.41. The summed E-state index contributed by atoms with van der Waals surface area (Å²) in [6.07, 6.45) is 0. The van der Waals surface area contributed by atoms with Crippen molar-refractivity contribution in [3.8, 4) is 5.75 Å². The number of carbonyl (C=O) groups excluding carboxylic acids is 2. The second-order valence-electron chi connectivity index (χ2n) is 4.11. The van der Waals surface area contributed by atoms with Gasteiger partial charge in [0.1, 0.15) is 5.75 Å². The summed E-state index contributed by atoms with van der Waals surface area (Å²) in [6, 6.07) is 3.75. The van der Waals surface area contributed by atoms with Crippen molar-refractivity contribution in [2.75, 3.05) is 25.9 Å². The van der Waals surface area contributed by atoms with Gasteiger partial charge in [-0.3, -0.25) is 9.59 Å². The smallest absolute Gasteiger partial charge is 0.244 e. The normalized spacial score (nSPS) is 11.3. The van der Waals surface area contributed by atoms with Crippen LogP contribution in [0, 0.1) is 0 Å². The molecule has 0 spiro atoms. The number of hydrogen-bond donors (Lipinski definition) is 3. The van der Waals surface area contributed by atoms with E-state index in [2.05, 4.69) is 0 Å². The Labute approximate surface area is 121 Å². The molecule has 6 N–H and O–H groups in total. The molecule has 0 atom stereocenters. The fourth-order valence-electron chi connectivity index (χ4n) is 1.60. The summed E-state index contributed by atoms with van der Waals surface area (Å²) in [4.78, 5) is 21.7. The van der Waals surface area contributed by atoms with Crippen LogP contribution in [-0.4, -0.2) is 44.7 Å². The predicted octanol–water partition coefficient (Wildman–Crippen LogP) is -1.76. The van der Waals surface area contributed by atoms with E-state index in [4.69, 9.17) is 21.9 Å². The Balaban J connectivity index is 3.24. The molecule has 1 aromatic carbocycles. The average Bonchev–Trinajstić information content (AvgIpc) is 2.36. The topological polar surface area (TPSA) is 159 Å². The van der Waals surface area contributed by atoms with Gasteiger partial charge in [0, 0.05) is 0 Å². The van der Waals surface area contributed by atoms with Gasteiger partial charge in [0.2, 0.25) is 21.8 Å². The largest absolute Gasteiger partial charge is 0.495 e. The monoisotopic (exact) mass is 316 g/mol. The van der Waals surface area contributed by atoms with Crippen molar-refractivity contribution in [2.45, 2.75) is 4.90 Å². The minimum atomic E-state index is -4.14. The van der Waals surface area contributed by atoms with Crippen LogP contribution in [0.2, 0.25) is 0 Å². The van der Waals surface area contributed by atoms with E-state index in [1.807, 2.05) is 0 Å². The molecule has 116 valence electrons. The molecular formula is C11H16N4O5S. The number of carbonyl (C=O) groups is 2. The molecular weight excluding hydrogens is 300 g/mol. The number of rotatable bonds is 7. The standard InChI is InChI=1S/C11H16N4O5S/c1-20-9-3-2-7(4-8(9)12)21(18,19)15(5-10(13)16)6-11(14)17/h2-4H,5-6,12H2,1H3,(H2,13,16)(H2,14,17). The maximum atomic E-state index is 12.4. The lowest BCUT2D eigenvalue weighted by Gasteiger charge is -2.19. The average molecular weight is 316 g/mol. The van der Waals surface area contributed by atoms with Crippen LogP contribution >= 0.6 is 0 Å². The van der Waals surface area contributed by atoms with Crippen LogP contribution in [0.5, 0.6) is 5.75 Å². The zero-order valence-electron chi connectivity index (χ0n) is 11.3. The molecule has 2 amide bonds. The summed E-state index contributed by atoms with van der Waals surface area (Å²) in [5.74, 6) is -1.53. The molecule has 0 aliphatic heterocycles. The molecule has 0 aromatic heterocycles. The Morgan fingerprint density at radius 2 is 1.71 bits per heavy atom. The Hall–Kier alpha value is -2.33. The number of amides is 2.